The maximum atomic E-state index is 2.19. The van der Waals surface area contributed by atoms with Crippen molar-refractivity contribution in [3.05, 3.63) is 72.9 Å². The van der Waals surface area contributed by atoms with Gasteiger partial charge in [-0.25, -0.2) is 0 Å². The highest BCUT2D eigenvalue weighted by molar-refractivity contribution is 5.05. The molecule has 30 heavy (non-hydrogen) atoms. The molecule has 0 atom stereocenters. The Morgan fingerprint density at radius 1 is 0.233 bits per heavy atom. The first-order chi connectivity index (χ1) is 13.9. The van der Waals surface area contributed by atoms with Crippen LogP contribution in [0.15, 0.2) is 72.9 Å². The molecule has 0 heterocycles. The Morgan fingerprint density at radius 2 is 0.333 bits per heavy atom. The van der Waals surface area contributed by atoms with Crippen molar-refractivity contribution in [2.75, 3.05) is 0 Å². The summed E-state index contributed by atoms with van der Waals surface area (Å²) in [6, 6.07) is 0. The molecule has 0 saturated heterocycles. The summed E-state index contributed by atoms with van der Waals surface area (Å²) in [4.78, 5) is 0. The fourth-order valence-corrected chi connectivity index (χ4v) is 1.72. The van der Waals surface area contributed by atoms with Gasteiger partial charge in [0.05, 0.1) is 0 Å². The van der Waals surface area contributed by atoms with Crippen molar-refractivity contribution >= 4 is 0 Å². The van der Waals surface area contributed by atoms with E-state index in [9.17, 15) is 0 Å². The molecule has 0 amide bonds. The van der Waals surface area contributed by atoms with Gasteiger partial charge in [-0.3, -0.25) is 0 Å². The van der Waals surface area contributed by atoms with Crippen LogP contribution in [0.25, 0.3) is 0 Å². The Kier molecular flexibility index (Phi) is 26.2. The van der Waals surface area contributed by atoms with E-state index in [-0.39, 0.29) is 0 Å². The Morgan fingerprint density at radius 3 is 0.400 bits per heavy atom. The van der Waals surface area contributed by atoms with Gasteiger partial charge in [-0.2, -0.15) is 0 Å². The zero-order valence-corrected chi connectivity index (χ0v) is 22.4. The van der Waals surface area contributed by atoms with E-state index in [2.05, 4.69) is 156 Å². The fraction of sp³-hybridized carbons (Fsp3) is 0.600. The second-order valence-electron chi connectivity index (χ2n) is 9.77. The molecule has 0 aliphatic heterocycles. The summed E-state index contributed by atoms with van der Waals surface area (Å²) in [5.41, 5.74) is 0. The van der Waals surface area contributed by atoms with Gasteiger partial charge in [-0.05, 0) is 35.5 Å². The van der Waals surface area contributed by atoms with E-state index < -0.39 is 0 Å². The Bertz CT molecular complexity index is 376. The van der Waals surface area contributed by atoms with Gasteiger partial charge < -0.3 is 0 Å². The number of allylic oxidation sites excluding steroid dienone is 12. The van der Waals surface area contributed by atoms with E-state index in [1.165, 1.54) is 0 Å². The second kappa shape index (κ2) is 23.7. The van der Waals surface area contributed by atoms with Crippen LogP contribution in [0.2, 0.25) is 0 Å². The highest BCUT2D eigenvalue weighted by Crippen LogP contribution is 1.98. The summed E-state index contributed by atoms with van der Waals surface area (Å²) < 4.78 is 0. The first kappa shape index (κ1) is 33.1. The number of hydrogen-bond donors (Lipinski definition) is 0. The maximum absolute atomic E-state index is 2.19. The Hall–Kier alpha value is -1.56. The first-order valence-electron chi connectivity index (χ1n) is 11.9. The van der Waals surface area contributed by atoms with Gasteiger partial charge >= 0.3 is 0 Å². The van der Waals surface area contributed by atoms with Gasteiger partial charge in [0.2, 0.25) is 0 Å². The summed E-state index contributed by atoms with van der Waals surface area (Å²) in [7, 11) is 0. The predicted octanol–water partition coefficient (Wildman–Crippen LogP) is 10.2. The highest BCUT2D eigenvalue weighted by atomic mass is 13.9. The van der Waals surface area contributed by atoms with Crippen LogP contribution in [0.1, 0.15) is 83.1 Å². The molecule has 0 radical (unpaired) electrons. The van der Waals surface area contributed by atoms with E-state index in [1.807, 2.05) is 0 Å². The van der Waals surface area contributed by atoms with Crippen LogP contribution in [0, 0.1) is 35.5 Å². The smallest absolute Gasteiger partial charge is 0.0287 e. The average molecular weight is 415 g/mol. The van der Waals surface area contributed by atoms with Crippen molar-refractivity contribution in [2.24, 2.45) is 35.5 Å². The Balaban J connectivity index is -0.000000364. The van der Waals surface area contributed by atoms with E-state index in [0.717, 1.165) is 0 Å². The largest absolute Gasteiger partial charge is 0.0820 e. The fourth-order valence-electron chi connectivity index (χ4n) is 1.72. The summed E-state index contributed by atoms with van der Waals surface area (Å²) >= 11 is 0. The Labute approximate surface area is 191 Å². The quantitative estimate of drug-likeness (QED) is 0.329. The van der Waals surface area contributed by atoms with E-state index in [4.69, 9.17) is 0 Å². The topological polar surface area (TPSA) is 0 Å². The monoisotopic (exact) mass is 414 g/mol. The minimum absolute atomic E-state index is 0.664. The lowest BCUT2D eigenvalue weighted by molar-refractivity contribution is 0.825. The summed E-state index contributed by atoms with van der Waals surface area (Å²) in [5, 5.41) is 0. The van der Waals surface area contributed by atoms with Crippen molar-refractivity contribution in [1.29, 1.82) is 0 Å². The van der Waals surface area contributed by atoms with Gasteiger partial charge in [0.1, 0.15) is 0 Å². The molecule has 0 aliphatic rings. The maximum Gasteiger partial charge on any atom is -0.0287 e. The summed E-state index contributed by atoms with van der Waals surface area (Å²) in [5.74, 6) is 3.98. The molecule has 0 rings (SSSR count). The molecule has 0 aromatic carbocycles. The van der Waals surface area contributed by atoms with Crippen LogP contribution in [-0.4, -0.2) is 0 Å². The third-order valence-electron chi connectivity index (χ3n) is 3.31. The van der Waals surface area contributed by atoms with Crippen LogP contribution in [-0.2, 0) is 0 Å². The van der Waals surface area contributed by atoms with Gasteiger partial charge in [-0.1, -0.05) is 156 Å². The van der Waals surface area contributed by atoms with E-state index >= 15 is 0 Å². The lowest BCUT2D eigenvalue weighted by Crippen LogP contribution is -1.77. The van der Waals surface area contributed by atoms with Crippen LogP contribution < -0.4 is 0 Å². The third-order valence-corrected chi connectivity index (χ3v) is 3.31. The predicted molar refractivity (Wildman–Crippen MR) is 144 cm³/mol. The molecular formula is C30H54. The first-order valence-corrected chi connectivity index (χ1v) is 11.9. The normalized spacial score (nSPS) is 13.0. The van der Waals surface area contributed by atoms with Crippen LogP contribution in [0.4, 0.5) is 0 Å². The van der Waals surface area contributed by atoms with E-state index in [0.29, 0.717) is 35.5 Å². The molecule has 0 heteroatoms. The molecule has 0 fully saturated rings. The van der Waals surface area contributed by atoms with Crippen molar-refractivity contribution in [1.82, 2.24) is 0 Å². The van der Waals surface area contributed by atoms with Crippen molar-refractivity contribution in [3.63, 3.8) is 0 Å². The molecule has 0 aliphatic carbocycles. The second-order valence-corrected chi connectivity index (χ2v) is 9.77. The van der Waals surface area contributed by atoms with Crippen LogP contribution in [0.3, 0.4) is 0 Å². The van der Waals surface area contributed by atoms with Crippen molar-refractivity contribution in [2.45, 2.75) is 83.1 Å². The lowest BCUT2D eigenvalue weighted by Gasteiger charge is -1.91. The minimum atomic E-state index is 0.664. The van der Waals surface area contributed by atoms with Crippen LogP contribution >= 0.6 is 0 Å². The molecule has 174 valence electrons. The van der Waals surface area contributed by atoms with Gasteiger partial charge in [0.15, 0.2) is 0 Å². The molecule has 0 unspecified atom stereocenters. The molecule has 0 spiro atoms. The van der Waals surface area contributed by atoms with Gasteiger partial charge in [0.25, 0.3) is 0 Å². The molecule has 0 aromatic heterocycles. The van der Waals surface area contributed by atoms with Gasteiger partial charge in [-0.15, -0.1) is 0 Å². The third kappa shape index (κ3) is 45.3. The molecule has 0 aromatic rings. The molecule has 0 N–H and O–H groups in total. The number of hydrogen-bond acceptors (Lipinski definition) is 0. The number of rotatable bonds is 9. The minimum Gasteiger partial charge on any atom is -0.0820 e. The average Bonchev–Trinajstić information content (AvgIpc) is 2.60. The zero-order chi connectivity index (χ0) is 23.9. The molecule has 0 saturated carbocycles. The SMILES string of the molecule is CC(C)/C=C\C=C/C(C)C.CC(C)/C=C\C=C\C(C)C.CC(C)/C=C\C=C\C(C)C. The van der Waals surface area contributed by atoms with Gasteiger partial charge in [0, 0.05) is 0 Å². The van der Waals surface area contributed by atoms with E-state index in [1.54, 1.807) is 0 Å². The lowest BCUT2D eigenvalue weighted by atomic mass is 10.2. The summed E-state index contributed by atoms with van der Waals surface area (Å²) in [6.07, 6.45) is 25.9. The van der Waals surface area contributed by atoms with Crippen molar-refractivity contribution < 1.29 is 0 Å². The highest BCUT2D eigenvalue weighted by Gasteiger charge is 1.83. The molecule has 0 bridgehead atoms. The molecule has 0 nitrogen and oxygen atoms in total. The van der Waals surface area contributed by atoms with Crippen molar-refractivity contribution in [3.8, 4) is 0 Å². The summed E-state index contributed by atoms with van der Waals surface area (Å²) in [6.45, 7) is 26.2. The zero-order valence-electron chi connectivity index (χ0n) is 22.4. The molecular weight excluding hydrogens is 360 g/mol. The van der Waals surface area contributed by atoms with Crippen LogP contribution in [0.5, 0.6) is 0 Å². The standard InChI is InChI=1S/3C10H18/c3*1-9(2)7-5-6-8-10(3)4/h3*5-10H,1-4H3/b2*7-5-,8-6+;7-5-,8-6-.